The van der Waals surface area contributed by atoms with Crippen molar-refractivity contribution in [3.05, 3.63) is 90.4 Å². The molecule has 0 saturated carbocycles. The Bertz CT molecular complexity index is 1350. The Hall–Kier alpha value is -3.36. The number of rotatable bonds is 13. The van der Waals surface area contributed by atoms with Gasteiger partial charge in [-0.15, -0.1) is 23.1 Å². The van der Waals surface area contributed by atoms with Crippen molar-refractivity contribution in [3.8, 4) is 0 Å². The quantitative estimate of drug-likeness (QED) is 0.201. The van der Waals surface area contributed by atoms with Gasteiger partial charge in [-0.25, -0.2) is 0 Å². The number of fused-ring (bicyclic) bond motifs is 1. The summed E-state index contributed by atoms with van der Waals surface area (Å²) in [5, 5.41) is 4.79. The number of thioether (sulfide) groups is 1. The van der Waals surface area contributed by atoms with Gasteiger partial charge in [0.25, 0.3) is 0 Å². The molecule has 0 spiro atoms. The number of nitrogens with one attached hydrogen (secondary N) is 1. The SMILES string of the molecule is CC(=O)N(c1cc2ccccc2s1)[C@@H](CC(C)C)C(=O)N[C@@H](Cc1ccccc1)C(=O)CSCc1ccco1. The van der Waals surface area contributed by atoms with Gasteiger partial charge >= 0.3 is 0 Å². The second-order valence-corrected chi connectivity index (χ2v) is 12.0. The average Bonchev–Trinajstić information content (AvgIpc) is 3.58. The van der Waals surface area contributed by atoms with Crippen molar-refractivity contribution < 1.29 is 18.8 Å². The molecular weight excluding hydrogens is 528 g/mol. The van der Waals surface area contributed by atoms with E-state index in [2.05, 4.69) is 5.32 Å². The van der Waals surface area contributed by atoms with Crippen molar-refractivity contribution in [2.75, 3.05) is 10.7 Å². The minimum absolute atomic E-state index is 0.0664. The van der Waals surface area contributed by atoms with Gasteiger partial charge < -0.3 is 9.73 Å². The number of carbonyl (C=O) groups is 3. The van der Waals surface area contributed by atoms with E-state index in [4.69, 9.17) is 4.42 Å². The Balaban J connectivity index is 1.57. The maximum absolute atomic E-state index is 13.9. The van der Waals surface area contributed by atoms with Crippen LogP contribution in [0.5, 0.6) is 0 Å². The highest BCUT2D eigenvalue weighted by molar-refractivity contribution is 7.99. The van der Waals surface area contributed by atoms with Crippen molar-refractivity contribution in [1.29, 1.82) is 0 Å². The minimum Gasteiger partial charge on any atom is -0.468 e. The summed E-state index contributed by atoms with van der Waals surface area (Å²) in [6, 6.07) is 21.8. The molecule has 0 bridgehead atoms. The Labute approximate surface area is 237 Å². The molecule has 2 amide bonds. The highest BCUT2D eigenvalue weighted by atomic mass is 32.2. The number of nitrogens with zero attached hydrogens (tertiary/aromatic N) is 1. The van der Waals surface area contributed by atoms with Crippen molar-refractivity contribution in [2.45, 2.75) is 51.4 Å². The lowest BCUT2D eigenvalue weighted by atomic mass is 9.99. The third-order valence-corrected chi connectivity index (χ3v) is 8.45. The predicted octanol–water partition coefficient (Wildman–Crippen LogP) is 6.49. The van der Waals surface area contributed by atoms with Crippen LogP contribution in [-0.4, -0.2) is 35.4 Å². The molecule has 0 fully saturated rings. The van der Waals surface area contributed by atoms with Gasteiger partial charge in [0, 0.05) is 11.6 Å². The number of hydrogen-bond acceptors (Lipinski definition) is 6. The minimum atomic E-state index is -0.739. The summed E-state index contributed by atoms with van der Waals surface area (Å²) < 4.78 is 6.43. The molecule has 8 heteroatoms. The maximum Gasteiger partial charge on any atom is 0.243 e. The summed E-state index contributed by atoms with van der Waals surface area (Å²) in [7, 11) is 0. The molecule has 0 aliphatic rings. The number of carbonyl (C=O) groups excluding carboxylic acids is 3. The van der Waals surface area contributed by atoms with E-state index in [0.717, 1.165) is 26.4 Å². The van der Waals surface area contributed by atoms with E-state index >= 15 is 0 Å². The Morgan fingerprint density at radius 3 is 2.41 bits per heavy atom. The molecule has 204 valence electrons. The van der Waals surface area contributed by atoms with Crippen LogP contribution in [0.4, 0.5) is 5.00 Å². The summed E-state index contributed by atoms with van der Waals surface area (Å²) in [4.78, 5) is 41.9. The smallest absolute Gasteiger partial charge is 0.243 e. The number of ketones is 1. The molecule has 2 aromatic heterocycles. The fourth-order valence-corrected chi connectivity index (χ4v) is 6.53. The average molecular weight is 563 g/mol. The molecule has 2 heterocycles. The Morgan fingerprint density at radius 2 is 1.74 bits per heavy atom. The van der Waals surface area contributed by atoms with E-state index in [0.29, 0.717) is 18.6 Å². The van der Waals surface area contributed by atoms with Crippen LogP contribution in [0.15, 0.2) is 83.5 Å². The van der Waals surface area contributed by atoms with Gasteiger partial charge in [0.15, 0.2) is 5.78 Å². The molecule has 0 aliphatic carbocycles. The second kappa shape index (κ2) is 13.6. The molecule has 4 aromatic rings. The topological polar surface area (TPSA) is 79.6 Å². The van der Waals surface area contributed by atoms with E-state index in [-0.39, 0.29) is 29.3 Å². The number of furan rings is 1. The third-order valence-electron chi connectivity index (χ3n) is 6.35. The lowest BCUT2D eigenvalue weighted by molar-refractivity contribution is -0.129. The van der Waals surface area contributed by atoms with E-state index in [9.17, 15) is 14.4 Å². The zero-order valence-electron chi connectivity index (χ0n) is 22.5. The molecule has 39 heavy (non-hydrogen) atoms. The Morgan fingerprint density at radius 1 is 1.00 bits per heavy atom. The summed E-state index contributed by atoms with van der Waals surface area (Å²) >= 11 is 2.95. The zero-order chi connectivity index (χ0) is 27.8. The van der Waals surface area contributed by atoms with Crippen LogP contribution < -0.4 is 10.2 Å². The number of Topliss-reactive ketones (excluding diaryl/α,β-unsaturated/α-hetero) is 1. The number of anilines is 1. The van der Waals surface area contributed by atoms with Gasteiger partial charge in [0.1, 0.15) is 11.8 Å². The fraction of sp³-hybridized carbons (Fsp3) is 0.323. The molecule has 2 atom stereocenters. The van der Waals surface area contributed by atoms with Gasteiger partial charge in [-0.2, -0.15) is 0 Å². The largest absolute Gasteiger partial charge is 0.468 e. The summed E-state index contributed by atoms with van der Waals surface area (Å²) in [5.41, 5.74) is 0.959. The summed E-state index contributed by atoms with van der Waals surface area (Å²) in [6.07, 6.45) is 2.46. The Kier molecular flexibility index (Phi) is 10.0. The van der Waals surface area contributed by atoms with Crippen molar-refractivity contribution in [1.82, 2.24) is 5.32 Å². The van der Waals surface area contributed by atoms with Gasteiger partial charge in [-0.1, -0.05) is 62.4 Å². The monoisotopic (exact) mass is 562 g/mol. The molecule has 0 radical (unpaired) electrons. The van der Waals surface area contributed by atoms with Crippen LogP contribution in [-0.2, 0) is 26.6 Å². The van der Waals surface area contributed by atoms with Crippen molar-refractivity contribution in [3.63, 3.8) is 0 Å². The van der Waals surface area contributed by atoms with Gasteiger partial charge in [-0.05, 0) is 54.0 Å². The van der Waals surface area contributed by atoms with Crippen molar-refractivity contribution >= 4 is 55.8 Å². The highest BCUT2D eigenvalue weighted by Gasteiger charge is 2.33. The molecule has 2 aromatic carbocycles. The molecule has 0 aliphatic heterocycles. The fourth-order valence-electron chi connectivity index (χ4n) is 4.50. The molecular formula is C31H34N2O4S2. The van der Waals surface area contributed by atoms with E-state index in [1.54, 1.807) is 11.2 Å². The molecule has 4 rings (SSSR count). The van der Waals surface area contributed by atoms with E-state index < -0.39 is 12.1 Å². The van der Waals surface area contributed by atoms with Crippen molar-refractivity contribution in [2.24, 2.45) is 5.92 Å². The second-order valence-electron chi connectivity index (χ2n) is 9.95. The number of thiophene rings is 1. The number of hydrogen-bond donors (Lipinski definition) is 1. The van der Waals surface area contributed by atoms with Crippen LogP contribution in [0, 0.1) is 5.92 Å². The van der Waals surface area contributed by atoms with Crippen LogP contribution in [0.1, 0.15) is 38.5 Å². The number of benzene rings is 2. The van der Waals surface area contributed by atoms with Crippen LogP contribution >= 0.6 is 23.1 Å². The first-order chi connectivity index (χ1) is 18.8. The summed E-state index contributed by atoms with van der Waals surface area (Å²) in [5.74, 6) is 1.18. The van der Waals surface area contributed by atoms with Gasteiger partial charge in [0.2, 0.25) is 11.8 Å². The van der Waals surface area contributed by atoms with Crippen LogP contribution in [0.25, 0.3) is 10.1 Å². The first-order valence-electron chi connectivity index (χ1n) is 13.1. The van der Waals surface area contributed by atoms with Crippen LogP contribution in [0.2, 0.25) is 0 Å². The lowest BCUT2D eigenvalue weighted by Crippen LogP contribution is -2.54. The van der Waals surface area contributed by atoms with E-state index in [1.165, 1.54) is 30.0 Å². The van der Waals surface area contributed by atoms with Crippen LogP contribution in [0.3, 0.4) is 0 Å². The van der Waals surface area contributed by atoms with E-state index in [1.807, 2.05) is 86.6 Å². The zero-order valence-corrected chi connectivity index (χ0v) is 24.1. The molecule has 0 saturated heterocycles. The molecule has 6 nitrogen and oxygen atoms in total. The standard InChI is InChI=1S/C31H34N2O4S2/c1-21(2)16-27(33(22(3)34)30-18-24-12-7-8-14-29(24)39-30)31(36)32-26(17-23-10-5-4-6-11-23)28(35)20-38-19-25-13-9-15-37-25/h4-15,18,21,26-27H,16-17,19-20H2,1-3H3,(H,32,36)/t26-,27-/m0/s1. The van der Waals surface area contributed by atoms with Gasteiger partial charge in [0.05, 0.1) is 28.8 Å². The number of amides is 2. The molecule has 0 unspecified atom stereocenters. The van der Waals surface area contributed by atoms with Gasteiger partial charge in [-0.3, -0.25) is 19.3 Å². The first kappa shape index (κ1) is 28.6. The predicted molar refractivity (Wildman–Crippen MR) is 160 cm³/mol. The summed E-state index contributed by atoms with van der Waals surface area (Å²) in [6.45, 7) is 5.55. The third kappa shape index (κ3) is 7.83. The first-order valence-corrected chi connectivity index (χ1v) is 15.0. The molecule has 1 N–H and O–H groups in total. The normalized spacial score (nSPS) is 12.8. The lowest BCUT2D eigenvalue weighted by Gasteiger charge is -2.31. The maximum atomic E-state index is 13.9. The highest BCUT2D eigenvalue weighted by Crippen LogP contribution is 2.34.